The number of pyridine rings is 1. The van der Waals surface area contributed by atoms with Crippen LogP contribution in [-0.2, 0) is 15.9 Å². The van der Waals surface area contributed by atoms with Gasteiger partial charge in [0.15, 0.2) is 6.29 Å². The Morgan fingerprint density at radius 2 is 2.22 bits per heavy atom. The van der Waals surface area contributed by atoms with Crippen molar-refractivity contribution in [1.82, 2.24) is 9.97 Å². The Labute approximate surface area is 110 Å². The fourth-order valence-corrected chi connectivity index (χ4v) is 2.73. The van der Waals surface area contributed by atoms with Crippen LogP contribution in [0.15, 0.2) is 29.9 Å². The largest absolute Gasteiger partial charge is 0.350 e. The van der Waals surface area contributed by atoms with E-state index in [1.807, 2.05) is 18.3 Å². The Morgan fingerprint density at radius 1 is 1.33 bits per heavy atom. The highest BCUT2D eigenvalue weighted by atomic mass is 32.1. The third kappa shape index (κ3) is 2.75. The van der Waals surface area contributed by atoms with Gasteiger partial charge in [-0.15, -0.1) is 11.3 Å². The maximum atomic E-state index is 5.41. The van der Waals surface area contributed by atoms with Crippen molar-refractivity contribution in [2.45, 2.75) is 19.1 Å². The maximum Gasteiger partial charge on any atom is 0.158 e. The molecule has 2 aromatic heterocycles. The normalized spacial score (nSPS) is 16.2. The smallest absolute Gasteiger partial charge is 0.158 e. The fourth-order valence-electron chi connectivity index (χ4n) is 1.88. The maximum absolute atomic E-state index is 5.41. The van der Waals surface area contributed by atoms with E-state index in [0.29, 0.717) is 13.2 Å². The molecule has 1 aliphatic heterocycles. The minimum absolute atomic E-state index is 0.0476. The molecule has 5 heteroatoms. The zero-order valence-electron chi connectivity index (χ0n) is 9.91. The number of aromatic nitrogens is 2. The van der Waals surface area contributed by atoms with Crippen molar-refractivity contribution in [3.05, 3.63) is 35.6 Å². The summed E-state index contributed by atoms with van der Waals surface area (Å²) in [6, 6.07) is 3.95. The van der Waals surface area contributed by atoms with E-state index in [2.05, 4.69) is 15.3 Å². The van der Waals surface area contributed by atoms with E-state index in [9.17, 15) is 0 Å². The Bertz CT molecular complexity index is 495. The molecule has 0 aromatic carbocycles. The Hall–Kier alpha value is -1.30. The zero-order chi connectivity index (χ0) is 12.2. The Morgan fingerprint density at radius 3 is 3.00 bits per heavy atom. The van der Waals surface area contributed by atoms with Gasteiger partial charge in [0.25, 0.3) is 0 Å². The van der Waals surface area contributed by atoms with Crippen LogP contribution in [0.5, 0.6) is 0 Å². The SMILES string of the molecule is c1cncc(-c2nc(CCC3OCCO3)cs2)c1. The van der Waals surface area contributed by atoms with Crippen molar-refractivity contribution in [2.24, 2.45) is 0 Å². The average molecular weight is 262 g/mol. The lowest BCUT2D eigenvalue weighted by molar-refractivity contribution is -0.0463. The number of hydrogen-bond acceptors (Lipinski definition) is 5. The van der Waals surface area contributed by atoms with Gasteiger partial charge in [-0.25, -0.2) is 4.98 Å². The second kappa shape index (κ2) is 5.56. The fraction of sp³-hybridized carbons (Fsp3) is 0.385. The minimum atomic E-state index is -0.0476. The highest BCUT2D eigenvalue weighted by molar-refractivity contribution is 7.13. The first-order valence-electron chi connectivity index (χ1n) is 6.00. The molecule has 1 aliphatic rings. The summed E-state index contributed by atoms with van der Waals surface area (Å²) < 4.78 is 10.8. The number of hydrogen-bond donors (Lipinski definition) is 0. The molecule has 1 fully saturated rings. The van der Waals surface area contributed by atoms with Crippen LogP contribution in [0.4, 0.5) is 0 Å². The van der Waals surface area contributed by atoms with Crippen LogP contribution < -0.4 is 0 Å². The lowest BCUT2D eigenvalue weighted by Crippen LogP contribution is -2.08. The molecule has 0 spiro atoms. The van der Waals surface area contributed by atoms with Crippen LogP contribution in [0, 0.1) is 0 Å². The van der Waals surface area contributed by atoms with Gasteiger partial charge in [-0.2, -0.15) is 0 Å². The molecule has 3 rings (SSSR count). The lowest BCUT2D eigenvalue weighted by atomic mass is 10.2. The van der Waals surface area contributed by atoms with E-state index in [1.165, 1.54) is 0 Å². The van der Waals surface area contributed by atoms with E-state index < -0.39 is 0 Å². The van der Waals surface area contributed by atoms with Gasteiger partial charge < -0.3 is 9.47 Å². The molecule has 0 aliphatic carbocycles. The van der Waals surface area contributed by atoms with Gasteiger partial charge in [-0.3, -0.25) is 4.98 Å². The topological polar surface area (TPSA) is 44.2 Å². The monoisotopic (exact) mass is 262 g/mol. The average Bonchev–Trinajstić information content (AvgIpc) is 3.09. The Kier molecular flexibility index (Phi) is 3.64. The molecule has 94 valence electrons. The number of rotatable bonds is 4. The minimum Gasteiger partial charge on any atom is -0.350 e. The molecule has 0 atom stereocenters. The molecule has 0 unspecified atom stereocenters. The first-order valence-corrected chi connectivity index (χ1v) is 6.88. The summed E-state index contributed by atoms with van der Waals surface area (Å²) in [7, 11) is 0. The van der Waals surface area contributed by atoms with E-state index in [1.54, 1.807) is 17.5 Å². The number of nitrogens with zero attached hydrogens (tertiary/aromatic N) is 2. The predicted octanol–water partition coefficient (Wildman–Crippen LogP) is 2.51. The van der Waals surface area contributed by atoms with Crippen LogP contribution in [0.2, 0.25) is 0 Å². The second-order valence-corrected chi connectivity index (χ2v) is 4.95. The standard InChI is InChI=1S/C13H14N2O2S/c1-2-10(8-14-5-1)13-15-11(9-18-13)3-4-12-16-6-7-17-12/h1-2,5,8-9,12H,3-4,6-7H2. The molecule has 4 nitrogen and oxygen atoms in total. The third-order valence-electron chi connectivity index (χ3n) is 2.79. The first kappa shape index (κ1) is 11.8. The molecule has 3 heterocycles. The van der Waals surface area contributed by atoms with Gasteiger partial charge in [-0.05, 0) is 18.6 Å². The molecule has 0 bridgehead atoms. The molecular weight excluding hydrogens is 248 g/mol. The van der Waals surface area contributed by atoms with Crippen molar-refractivity contribution in [3.8, 4) is 10.6 Å². The van der Waals surface area contributed by atoms with Crippen molar-refractivity contribution >= 4 is 11.3 Å². The van der Waals surface area contributed by atoms with Gasteiger partial charge in [-0.1, -0.05) is 0 Å². The van der Waals surface area contributed by atoms with Gasteiger partial charge in [0, 0.05) is 29.8 Å². The highest BCUT2D eigenvalue weighted by Crippen LogP contribution is 2.23. The van der Waals surface area contributed by atoms with Crippen LogP contribution in [-0.4, -0.2) is 29.5 Å². The molecule has 0 amide bonds. The van der Waals surface area contributed by atoms with Crippen LogP contribution in [0.3, 0.4) is 0 Å². The molecule has 0 saturated carbocycles. The van der Waals surface area contributed by atoms with Crippen molar-refractivity contribution in [3.63, 3.8) is 0 Å². The first-order chi connectivity index (χ1) is 8.92. The summed E-state index contributed by atoms with van der Waals surface area (Å²) >= 11 is 1.65. The summed E-state index contributed by atoms with van der Waals surface area (Å²) in [6.45, 7) is 1.42. The van der Waals surface area contributed by atoms with E-state index in [4.69, 9.17) is 9.47 Å². The van der Waals surface area contributed by atoms with Crippen molar-refractivity contribution < 1.29 is 9.47 Å². The van der Waals surface area contributed by atoms with E-state index >= 15 is 0 Å². The molecule has 0 N–H and O–H groups in total. The second-order valence-electron chi connectivity index (χ2n) is 4.10. The number of thiazole rings is 1. The van der Waals surface area contributed by atoms with Gasteiger partial charge >= 0.3 is 0 Å². The summed E-state index contributed by atoms with van der Waals surface area (Å²) in [4.78, 5) is 8.71. The highest BCUT2D eigenvalue weighted by Gasteiger charge is 2.16. The Balaban J connectivity index is 1.63. The van der Waals surface area contributed by atoms with Crippen LogP contribution >= 0.6 is 11.3 Å². The molecule has 0 radical (unpaired) electrons. The van der Waals surface area contributed by atoms with E-state index in [-0.39, 0.29) is 6.29 Å². The van der Waals surface area contributed by atoms with Crippen molar-refractivity contribution in [2.75, 3.05) is 13.2 Å². The number of ether oxygens (including phenoxy) is 2. The van der Waals surface area contributed by atoms with Crippen molar-refractivity contribution in [1.29, 1.82) is 0 Å². The lowest BCUT2D eigenvalue weighted by Gasteiger charge is -2.06. The third-order valence-corrected chi connectivity index (χ3v) is 3.73. The van der Waals surface area contributed by atoms with Gasteiger partial charge in [0.1, 0.15) is 5.01 Å². The quantitative estimate of drug-likeness (QED) is 0.849. The summed E-state index contributed by atoms with van der Waals surface area (Å²) in [5.74, 6) is 0. The zero-order valence-corrected chi connectivity index (χ0v) is 10.7. The molecular formula is C13H14N2O2S. The van der Waals surface area contributed by atoms with Crippen LogP contribution in [0.25, 0.3) is 10.6 Å². The van der Waals surface area contributed by atoms with Gasteiger partial charge in [0.05, 0.1) is 18.9 Å². The van der Waals surface area contributed by atoms with Crippen LogP contribution in [0.1, 0.15) is 12.1 Å². The van der Waals surface area contributed by atoms with Gasteiger partial charge in [0.2, 0.25) is 0 Å². The molecule has 18 heavy (non-hydrogen) atoms. The summed E-state index contributed by atoms with van der Waals surface area (Å²) in [5.41, 5.74) is 2.17. The number of aryl methyl sites for hydroxylation is 1. The van der Waals surface area contributed by atoms with E-state index in [0.717, 1.165) is 29.1 Å². The summed E-state index contributed by atoms with van der Waals surface area (Å²) in [6.07, 6.45) is 5.32. The molecule has 2 aromatic rings. The predicted molar refractivity (Wildman–Crippen MR) is 69.4 cm³/mol. The summed E-state index contributed by atoms with van der Waals surface area (Å²) in [5, 5.41) is 3.11. The molecule has 1 saturated heterocycles.